The van der Waals surface area contributed by atoms with E-state index < -0.39 is 6.10 Å². The Bertz CT molecular complexity index is 500. The molecule has 1 aliphatic rings. The van der Waals surface area contributed by atoms with Crippen LogP contribution in [0.5, 0.6) is 5.75 Å². The Hall–Kier alpha value is -0.780. The quantitative estimate of drug-likeness (QED) is 0.758. The van der Waals surface area contributed by atoms with Crippen LogP contribution in [0.15, 0.2) is 24.3 Å². The van der Waals surface area contributed by atoms with Gasteiger partial charge < -0.3 is 14.4 Å². The highest BCUT2D eigenvalue weighted by molar-refractivity contribution is 9.09. The summed E-state index contributed by atoms with van der Waals surface area (Å²) in [7, 11) is 0. The fourth-order valence-electron chi connectivity index (χ4n) is 2.25. The first-order valence-corrected chi connectivity index (χ1v) is 8.41. The third kappa shape index (κ3) is 4.34. The lowest BCUT2D eigenvalue weighted by Crippen LogP contribution is -2.54. The van der Waals surface area contributed by atoms with Gasteiger partial charge in [-0.25, -0.2) is 0 Å². The van der Waals surface area contributed by atoms with Crippen LogP contribution in [0.25, 0.3) is 0 Å². The summed E-state index contributed by atoms with van der Waals surface area (Å²) in [4.78, 5) is 14.4. The van der Waals surface area contributed by atoms with E-state index in [9.17, 15) is 4.79 Å². The van der Waals surface area contributed by atoms with Crippen LogP contribution in [0, 0.1) is 0 Å². The molecule has 0 radical (unpaired) electrons. The number of carbonyl (C=O) groups is 1. The minimum absolute atomic E-state index is 0.0308. The summed E-state index contributed by atoms with van der Waals surface area (Å²) in [5.41, 5.74) is 0. The first-order chi connectivity index (χ1) is 10.0. The minimum atomic E-state index is -0.556. The number of hydrogen-bond donors (Lipinski definition) is 0. The predicted octanol–water partition coefficient (Wildman–Crippen LogP) is 3.12. The molecule has 0 N–H and O–H groups in total. The molecule has 1 aromatic carbocycles. The van der Waals surface area contributed by atoms with Crippen molar-refractivity contribution >= 4 is 33.4 Å². The Labute approximate surface area is 138 Å². The van der Waals surface area contributed by atoms with Crippen LogP contribution in [0.2, 0.25) is 5.02 Å². The van der Waals surface area contributed by atoms with Crippen LogP contribution in [-0.4, -0.2) is 47.5 Å². The summed E-state index contributed by atoms with van der Waals surface area (Å²) in [5.74, 6) is 0.568. The highest BCUT2D eigenvalue weighted by Crippen LogP contribution is 2.20. The fraction of sp³-hybridized carbons (Fsp3) is 0.533. The second-order valence-electron chi connectivity index (χ2n) is 5.17. The summed E-state index contributed by atoms with van der Waals surface area (Å²) in [6.45, 7) is 4.86. The van der Waals surface area contributed by atoms with Crippen LogP contribution >= 0.6 is 27.5 Å². The zero-order valence-corrected chi connectivity index (χ0v) is 14.4. The van der Waals surface area contributed by atoms with Gasteiger partial charge in [-0.05, 0) is 32.0 Å². The number of alkyl halides is 1. The molecule has 1 aliphatic heterocycles. The summed E-state index contributed by atoms with van der Waals surface area (Å²) < 4.78 is 11.3. The van der Waals surface area contributed by atoms with Crippen LogP contribution in [0.1, 0.15) is 13.8 Å². The van der Waals surface area contributed by atoms with E-state index in [1.807, 2.05) is 11.8 Å². The van der Waals surface area contributed by atoms with E-state index in [1.54, 1.807) is 31.2 Å². The Kier molecular flexibility index (Phi) is 5.90. The number of morpholine rings is 1. The van der Waals surface area contributed by atoms with E-state index in [0.29, 0.717) is 29.3 Å². The molecule has 6 heteroatoms. The Balaban J connectivity index is 2.00. The van der Waals surface area contributed by atoms with Gasteiger partial charge >= 0.3 is 0 Å². The van der Waals surface area contributed by atoms with Crippen molar-refractivity contribution in [1.82, 2.24) is 4.90 Å². The third-order valence-corrected chi connectivity index (χ3v) is 4.37. The number of nitrogens with zero attached hydrogens (tertiary/aromatic N) is 1. The van der Waals surface area contributed by atoms with Crippen molar-refractivity contribution in [2.75, 3.05) is 18.5 Å². The minimum Gasteiger partial charge on any atom is -0.481 e. The molecule has 3 atom stereocenters. The number of carbonyl (C=O) groups excluding carboxylic acids is 1. The van der Waals surface area contributed by atoms with E-state index in [4.69, 9.17) is 21.1 Å². The van der Waals surface area contributed by atoms with Crippen molar-refractivity contribution in [2.24, 2.45) is 0 Å². The molecule has 1 amide bonds. The van der Waals surface area contributed by atoms with E-state index >= 15 is 0 Å². The number of halogens is 2. The Morgan fingerprint density at radius 2 is 2.38 bits per heavy atom. The van der Waals surface area contributed by atoms with E-state index in [1.165, 1.54) is 0 Å². The highest BCUT2D eigenvalue weighted by atomic mass is 79.9. The fourth-order valence-corrected chi connectivity index (χ4v) is 2.82. The summed E-state index contributed by atoms with van der Waals surface area (Å²) in [6.07, 6.45) is -0.525. The zero-order valence-electron chi connectivity index (χ0n) is 12.1. The molecular formula is C15H19BrClNO3. The predicted molar refractivity (Wildman–Crippen MR) is 86.3 cm³/mol. The second kappa shape index (κ2) is 7.47. The molecule has 0 spiro atoms. The molecular weight excluding hydrogens is 358 g/mol. The van der Waals surface area contributed by atoms with Gasteiger partial charge in [-0.3, -0.25) is 4.79 Å². The average molecular weight is 377 g/mol. The molecule has 0 bridgehead atoms. The second-order valence-corrected chi connectivity index (χ2v) is 6.25. The van der Waals surface area contributed by atoms with Crippen LogP contribution < -0.4 is 4.74 Å². The number of benzene rings is 1. The van der Waals surface area contributed by atoms with Crippen LogP contribution in [0.4, 0.5) is 0 Å². The number of hydrogen-bond acceptors (Lipinski definition) is 3. The van der Waals surface area contributed by atoms with E-state index in [2.05, 4.69) is 15.9 Å². The lowest BCUT2D eigenvalue weighted by Gasteiger charge is -2.38. The van der Waals surface area contributed by atoms with Gasteiger partial charge in [-0.15, -0.1) is 0 Å². The molecule has 4 nitrogen and oxygen atoms in total. The van der Waals surface area contributed by atoms with Gasteiger partial charge in [0.15, 0.2) is 6.10 Å². The van der Waals surface area contributed by atoms with Gasteiger partial charge in [-0.2, -0.15) is 0 Å². The number of ether oxygens (including phenoxy) is 2. The SMILES string of the molecule is CC(Oc1cccc(Cl)c1)C(=O)N1CC(CBr)OCC1C. The first kappa shape index (κ1) is 16.6. The lowest BCUT2D eigenvalue weighted by molar-refractivity contribution is -0.149. The maximum Gasteiger partial charge on any atom is 0.263 e. The van der Waals surface area contributed by atoms with Gasteiger partial charge in [0.1, 0.15) is 5.75 Å². The highest BCUT2D eigenvalue weighted by Gasteiger charge is 2.32. The molecule has 21 heavy (non-hydrogen) atoms. The van der Waals surface area contributed by atoms with Crippen molar-refractivity contribution in [3.05, 3.63) is 29.3 Å². The smallest absolute Gasteiger partial charge is 0.263 e. The topological polar surface area (TPSA) is 38.8 Å². The molecule has 3 unspecified atom stereocenters. The third-order valence-electron chi connectivity index (χ3n) is 3.42. The van der Waals surface area contributed by atoms with Gasteiger partial charge in [-0.1, -0.05) is 33.6 Å². The Morgan fingerprint density at radius 3 is 3.05 bits per heavy atom. The van der Waals surface area contributed by atoms with Crippen molar-refractivity contribution in [2.45, 2.75) is 32.1 Å². The summed E-state index contributed by atoms with van der Waals surface area (Å²) >= 11 is 9.32. The molecule has 1 saturated heterocycles. The van der Waals surface area contributed by atoms with Crippen LogP contribution in [-0.2, 0) is 9.53 Å². The van der Waals surface area contributed by atoms with Gasteiger partial charge in [0, 0.05) is 16.9 Å². The molecule has 0 aromatic heterocycles. The van der Waals surface area contributed by atoms with Crippen molar-refractivity contribution in [3.63, 3.8) is 0 Å². The molecule has 1 aromatic rings. The maximum atomic E-state index is 12.6. The van der Waals surface area contributed by atoms with Crippen molar-refractivity contribution in [1.29, 1.82) is 0 Å². The standard InChI is InChI=1S/C15H19BrClNO3/c1-10-9-20-14(7-16)8-18(10)15(19)11(2)21-13-5-3-4-12(17)6-13/h3-6,10-11,14H,7-9H2,1-2H3. The van der Waals surface area contributed by atoms with E-state index in [0.717, 1.165) is 0 Å². The zero-order chi connectivity index (χ0) is 15.4. The molecule has 116 valence electrons. The summed E-state index contributed by atoms with van der Waals surface area (Å²) in [6, 6.07) is 7.12. The molecule has 0 saturated carbocycles. The molecule has 0 aliphatic carbocycles. The number of rotatable bonds is 4. The largest absolute Gasteiger partial charge is 0.481 e. The number of amides is 1. The molecule has 1 heterocycles. The molecule has 2 rings (SSSR count). The van der Waals surface area contributed by atoms with Crippen molar-refractivity contribution < 1.29 is 14.3 Å². The van der Waals surface area contributed by atoms with E-state index in [-0.39, 0.29) is 18.1 Å². The van der Waals surface area contributed by atoms with Gasteiger partial charge in [0.2, 0.25) is 0 Å². The normalized spacial score (nSPS) is 23.7. The monoisotopic (exact) mass is 375 g/mol. The van der Waals surface area contributed by atoms with Crippen LogP contribution in [0.3, 0.4) is 0 Å². The van der Waals surface area contributed by atoms with Gasteiger partial charge in [0.25, 0.3) is 5.91 Å². The van der Waals surface area contributed by atoms with Gasteiger partial charge in [0.05, 0.1) is 18.8 Å². The molecule has 1 fully saturated rings. The first-order valence-electron chi connectivity index (χ1n) is 6.91. The lowest BCUT2D eigenvalue weighted by atomic mass is 10.2. The average Bonchev–Trinajstić information content (AvgIpc) is 2.47. The van der Waals surface area contributed by atoms with Crippen molar-refractivity contribution in [3.8, 4) is 5.75 Å². The summed E-state index contributed by atoms with van der Waals surface area (Å²) in [5, 5.41) is 1.30. The maximum absolute atomic E-state index is 12.6. The Morgan fingerprint density at radius 1 is 1.62 bits per heavy atom.